The summed E-state index contributed by atoms with van der Waals surface area (Å²) in [5, 5.41) is 3.26. The highest BCUT2D eigenvalue weighted by atomic mass is 16.1. The van der Waals surface area contributed by atoms with E-state index in [0.717, 1.165) is 22.3 Å². The van der Waals surface area contributed by atoms with Gasteiger partial charge in [-0.2, -0.15) is 0 Å². The van der Waals surface area contributed by atoms with E-state index < -0.39 is 0 Å². The smallest absolute Gasteiger partial charge is 0.252 e. The van der Waals surface area contributed by atoms with Gasteiger partial charge in [0.25, 0.3) is 5.91 Å². The van der Waals surface area contributed by atoms with Crippen LogP contribution in [0.3, 0.4) is 0 Å². The Bertz CT molecular complexity index is 1060. The average Bonchev–Trinajstić information content (AvgIpc) is 2.83. The van der Waals surface area contributed by atoms with Gasteiger partial charge in [0.1, 0.15) is 0 Å². The monoisotopic (exact) mass is 389 g/mol. The van der Waals surface area contributed by atoms with Crippen LogP contribution in [0.1, 0.15) is 28.3 Å². The molecule has 0 heterocycles. The van der Waals surface area contributed by atoms with Gasteiger partial charge in [-0.05, 0) is 28.3 Å². The fourth-order valence-corrected chi connectivity index (χ4v) is 3.47. The maximum absolute atomic E-state index is 13.5. The largest absolute Gasteiger partial charge is 0.341 e. The lowest BCUT2D eigenvalue weighted by molar-refractivity contribution is -0.116. The minimum atomic E-state index is -0.234. The van der Waals surface area contributed by atoms with Crippen molar-refractivity contribution < 1.29 is 4.79 Å². The third-order valence-electron chi connectivity index (χ3n) is 4.98. The zero-order valence-electron chi connectivity index (χ0n) is 16.6. The highest BCUT2D eigenvalue weighted by Gasteiger charge is 2.20. The molecule has 0 atom stereocenters. The number of carbonyl (C=O) groups excluding carboxylic acids is 1. The maximum atomic E-state index is 13.5. The molecule has 30 heavy (non-hydrogen) atoms. The normalized spacial score (nSPS) is 11.3. The van der Waals surface area contributed by atoms with E-state index in [1.165, 1.54) is 0 Å². The number of amides is 1. The van der Waals surface area contributed by atoms with Gasteiger partial charge in [-0.25, -0.2) is 0 Å². The SMILES string of the molecule is O=C(NC(c1ccccc1)c1ccccc1)C(=Cc1ccccc1)c1ccccc1. The molecule has 4 aromatic carbocycles. The molecule has 0 radical (unpaired) electrons. The Labute approximate surface area is 177 Å². The van der Waals surface area contributed by atoms with E-state index in [1.807, 2.05) is 127 Å². The van der Waals surface area contributed by atoms with Crippen molar-refractivity contribution in [3.8, 4) is 0 Å². The first-order valence-corrected chi connectivity index (χ1v) is 10.0. The fraction of sp³-hybridized carbons (Fsp3) is 0.0357. The average molecular weight is 389 g/mol. The second-order valence-electron chi connectivity index (χ2n) is 7.06. The zero-order chi connectivity index (χ0) is 20.6. The van der Waals surface area contributed by atoms with Crippen LogP contribution in [0, 0.1) is 0 Å². The van der Waals surface area contributed by atoms with Gasteiger partial charge in [0, 0.05) is 5.57 Å². The van der Waals surface area contributed by atoms with Crippen molar-refractivity contribution in [2.24, 2.45) is 0 Å². The van der Waals surface area contributed by atoms with E-state index in [1.54, 1.807) is 0 Å². The Morgan fingerprint density at radius 2 is 1.03 bits per heavy atom. The molecule has 0 aromatic heterocycles. The number of carbonyl (C=O) groups is 1. The second-order valence-corrected chi connectivity index (χ2v) is 7.06. The molecule has 0 aliphatic heterocycles. The molecule has 1 amide bonds. The van der Waals surface area contributed by atoms with E-state index in [-0.39, 0.29) is 11.9 Å². The summed E-state index contributed by atoms with van der Waals surface area (Å²) < 4.78 is 0. The molecule has 146 valence electrons. The van der Waals surface area contributed by atoms with E-state index in [2.05, 4.69) is 5.32 Å². The van der Waals surface area contributed by atoms with E-state index >= 15 is 0 Å². The minimum absolute atomic E-state index is 0.109. The molecule has 1 N–H and O–H groups in total. The van der Waals surface area contributed by atoms with Crippen LogP contribution in [0.15, 0.2) is 121 Å². The van der Waals surface area contributed by atoms with Gasteiger partial charge in [0.2, 0.25) is 0 Å². The molecule has 2 heteroatoms. The number of hydrogen-bond donors (Lipinski definition) is 1. The van der Waals surface area contributed by atoms with Crippen molar-refractivity contribution in [3.63, 3.8) is 0 Å². The van der Waals surface area contributed by atoms with Crippen molar-refractivity contribution in [1.29, 1.82) is 0 Å². The van der Waals surface area contributed by atoms with Crippen LogP contribution in [-0.2, 0) is 4.79 Å². The van der Waals surface area contributed by atoms with Crippen LogP contribution >= 0.6 is 0 Å². The molecule has 0 spiro atoms. The van der Waals surface area contributed by atoms with Gasteiger partial charge >= 0.3 is 0 Å². The predicted octanol–water partition coefficient (Wildman–Crippen LogP) is 6.13. The molecule has 4 rings (SSSR count). The molecule has 0 fully saturated rings. The van der Waals surface area contributed by atoms with Gasteiger partial charge in [-0.1, -0.05) is 121 Å². The minimum Gasteiger partial charge on any atom is -0.341 e. The second kappa shape index (κ2) is 9.53. The van der Waals surface area contributed by atoms with Crippen LogP contribution in [-0.4, -0.2) is 5.91 Å². The first-order chi connectivity index (χ1) is 14.8. The van der Waals surface area contributed by atoms with E-state index in [9.17, 15) is 4.79 Å². The fourth-order valence-electron chi connectivity index (χ4n) is 3.47. The van der Waals surface area contributed by atoms with Gasteiger partial charge < -0.3 is 5.32 Å². The van der Waals surface area contributed by atoms with Gasteiger partial charge in [0.15, 0.2) is 0 Å². The summed E-state index contributed by atoms with van der Waals surface area (Å²) in [6.07, 6.45) is 1.94. The van der Waals surface area contributed by atoms with E-state index in [4.69, 9.17) is 0 Å². The molecule has 0 aliphatic rings. The summed E-state index contributed by atoms with van der Waals surface area (Å²) in [6.45, 7) is 0. The maximum Gasteiger partial charge on any atom is 0.252 e. The summed E-state index contributed by atoms with van der Waals surface area (Å²) in [5.74, 6) is -0.109. The van der Waals surface area contributed by atoms with Crippen LogP contribution in [0.2, 0.25) is 0 Å². The number of nitrogens with one attached hydrogen (secondary N) is 1. The Kier molecular flexibility index (Phi) is 6.16. The third kappa shape index (κ3) is 4.73. The molecule has 0 unspecified atom stereocenters. The van der Waals surface area contributed by atoms with Crippen molar-refractivity contribution in [2.75, 3.05) is 0 Å². The Balaban J connectivity index is 1.72. The molecule has 2 nitrogen and oxygen atoms in total. The van der Waals surface area contributed by atoms with Crippen molar-refractivity contribution in [3.05, 3.63) is 144 Å². The Hall–Kier alpha value is -3.91. The van der Waals surface area contributed by atoms with Crippen LogP contribution < -0.4 is 5.32 Å². The highest BCUT2D eigenvalue weighted by Crippen LogP contribution is 2.25. The van der Waals surface area contributed by atoms with Crippen molar-refractivity contribution in [1.82, 2.24) is 5.32 Å². The summed E-state index contributed by atoms with van der Waals surface area (Å²) in [6, 6.07) is 39.6. The van der Waals surface area contributed by atoms with Crippen molar-refractivity contribution in [2.45, 2.75) is 6.04 Å². The van der Waals surface area contributed by atoms with Gasteiger partial charge in [-0.3, -0.25) is 4.79 Å². The van der Waals surface area contributed by atoms with Crippen molar-refractivity contribution >= 4 is 17.6 Å². The Morgan fingerprint density at radius 1 is 0.600 bits per heavy atom. The molecule has 0 aliphatic carbocycles. The quantitative estimate of drug-likeness (QED) is 0.312. The van der Waals surface area contributed by atoms with Crippen LogP contribution in [0.4, 0.5) is 0 Å². The predicted molar refractivity (Wildman–Crippen MR) is 124 cm³/mol. The number of hydrogen-bond acceptors (Lipinski definition) is 1. The molecule has 0 saturated carbocycles. The molecule has 0 bridgehead atoms. The lowest BCUT2D eigenvalue weighted by atomic mass is 9.96. The highest BCUT2D eigenvalue weighted by molar-refractivity contribution is 6.24. The summed E-state index contributed by atoms with van der Waals surface area (Å²) in [7, 11) is 0. The van der Waals surface area contributed by atoms with Crippen LogP contribution in [0.5, 0.6) is 0 Å². The molecular weight excluding hydrogens is 366 g/mol. The lowest BCUT2D eigenvalue weighted by Gasteiger charge is -2.21. The van der Waals surface area contributed by atoms with Gasteiger partial charge in [0.05, 0.1) is 6.04 Å². The zero-order valence-corrected chi connectivity index (χ0v) is 16.6. The molecule has 4 aromatic rings. The standard InChI is InChI=1S/C28H23NO/c30-28(26(23-15-7-2-8-16-23)21-22-13-5-1-6-14-22)29-27(24-17-9-3-10-18-24)25-19-11-4-12-20-25/h1-21,27H,(H,29,30). The third-order valence-corrected chi connectivity index (χ3v) is 4.98. The number of rotatable bonds is 6. The van der Waals surface area contributed by atoms with E-state index in [0.29, 0.717) is 5.57 Å². The number of benzene rings is 4. The first kappa shape index (κ1) is 19.4. The molecular formula is C28H23NO. The first-order valence-electron chi connectivity index (χ1n) is 10.0. The van der Waals surface area contributed by atoms with Crippen LogP contribution in [0.25, 0.3) is 11.6 Å². The summed E-state index contributed by atoms with van der Waals surface area (Å²) in [4.78, 5) is 13.5. The topological polar surface area (TPSA) is 29.1 Å². The molecule has 0 saturated heterocycles. The van der Waals surface area contributed by atoms with Gasteiger partial charge in [-0.15, -0.1) is 0 Å². The lowest BCUT2D eigenvalue weighted by Crippen LogP contribution is -2.30. The summed E-state index contributed by atoms with van der Waals surface area (Å²) >= 11 is 0. The Morgan fingerprint density at radius 3 is 1.53 bits per heavy atom. The summed E-state index contributed by atoms with van der Waals surface area (Å²) in [5.41, 5.74) is 4.60.